The molecule has 170 valence electrons. The Bertz CT molecular complexity index is 1160. The minimum atomic E-state index is -3.96. The van der Waals surface area contributed by atoms with Crippen LogP contribution < -0.4 is 10.5 Å². The number of aliphatic hydroxyl groups excluding tert-OH is 2. The van der Waals surface area contributed by atoms with E-state index in [1.54, 1.807) is 11.4 Å². The van der Waals surface area contributed by atoms with Crippen LogP contribution >= 0.6 is 11.3 Å². The van der Waals surface area contributed by atoms with E-state index in [2.05, 4.69) is 4.72 Å². The fourth-order valence-electron chi connectivity index (χ4n) is 4.06. The molecule has 5 N–H and O–H groups in total. The van der Waals surface area contributed by atoms with Crippen molar-refractivity contribution < 1.29 is 28.2 Å². The van der Waals surface area contributed by atoms with Crippen LogP contribution in [0.2, 0.25) is 0 Å². The summed E-state index contributed by atoms with van der Waals surface area (Å²) in [4.78, 5) is 26.8. The lowest BCUT2D eigenvalue weighted by atomic mass is 9.88. The molecular weight excluding hydrogens is 454 g/mol. The van der Waals surface area contributed by atoms with Crippen molar-refractivity contribution in [2.45, 2.75) is 47.9 Å². The van der Waals surface area contributed by atoms with E-state index in [0.717, 1.165) is 22.5 Å². The van der Waals surface area contributed by atoms with E-state index in [-0.39, 0.29) is 29.2 Å². The highest BCUT2D eigenvalue weighted by molar-refractivity contribution is 7.91. The topological polar surface area (TPSA) is 150 Å². The molecule has 4 unspecified atom stereocenters. The van der Waals surface area contributed by atoms with Gasteiger partial charge in [-0.25, -0.2) is 13.1 Å². The molecule has 0 fully saturated rings. The van der Waals surface area contributed by atoms with E-state index in [9.17, 15) is 28.2 Å². The molecule has 1 aliphatic carbocycles. The molecular formula is C21H23N3O6S2. The van der Waals surface area contributed by atoms with Crippen molar-refractivity contribution in [3.8, 4) is 0 Å². The van der Waals surface area contributed by atoms with E-state index in [1.807, 2.05) is 24.3 Å². The van der Waals surface area contributed by atoms with Crippen LogP contribution in [-0.4, -0.2) is 59.6 Å². The third-order valence-electron chi connectivity index (χ3n) is 5.74. The Morgan fingerprint density at radius 3 is 2.47 bits per heavy atom. The summed E-state index contributed by atoms with van der Waals surface area (Å²) in [5, 5.41) is 22.3. The first kappa shape index (κ1) is 22.6. The molecule has 11 heteroatoms. The van der Waals surface area contributed by atoms with Crippen LogP contribution in [0.3, 0.4) is 0 Å². The minimum absolute atomic E-state index is 0.0486. The van der Waals surface area contributed by atoms with Crippen molar-refractivity contribution in [3.05, 3.63) is 64.6 Å². The average Bonchev–Trinajstić information content (AvgIpc) is 3.31. The van der Waals surface area contributed by atoms with Gasteiger partial charge in [0.2, 0.25) is 5.91 Å². The second-order valence-corrected chi connectivity index (χ2v) is 10.7. The standard InChI is InChI=1S/C21H23N3O6S2/c22-20(27)16-9-12-4-1-2-5-13(12)11-24(16)21(28)14-8-15(19(26)17(25)10-14)23-32(29,30)18-6-3-7-31-18/h1-8,15-17,19,23,25-26H,9-11H2,(H2,22,27). The van der Waals surface area contributed by atoms with Crippen molar-refractivity contribution in [1.29, 1.82) is 0 Å². The number of fused-ring (bicyclic) bond motifs is 1. The van der Waals surface area contributed by atoms with E-state index in [1.165, 1.54) is 17.0 Å². The summed E-state index contributed by atoms with van der Waals surface area (Å²) in [5.74, 6) is -1.19. The van der Waals surface area contributed by atoms with Crippen molar-refractivity contribution in [1.82, 2.24) is 9.62 Å². The van der Waals surface area contributed by atoms with E-state index in [4.69, 9.17) is 5.73 Å². The zero-order valence-corrected chi connectivity index (χ0v) is 18.6. The summed E-state index contributed by atoms with van der Waals surface area (Å²) in [7, 11) is -3.96. The number of hydrogen-bond donors (Lipinski definition) is 4. The van der Waals surface area contributed by atoms with Gasteiger partial charge in [-0.1, -0.05) is 36.4 Å². The summed E-state index contributed by atoms with van der Waals surface area (Å²) in [6.07, 6.45) is -1.40. The molecule has 2 aromatic rings. The summed E-state index contributed by atoms with van der Waals surface area (Å²) in [5.41, 5.74) is 7.47. The van der Waals surface area contributed by atoms with Gasteiger partial charge < -0.3 is 20.8 Å². The molecule has 32 heavy (non-hydrogen) atoms. The van der Waals surface area contributed by atoms with Crippen LogP contribution in [0.15, 0.2) is 57.6 Å². The molecule has 0 radical (unpaired) electrons. The Labute approximate surface area is 189 Å². The molecule has 0 spiro atoms. The fraction of sp³-hybridized carbons (Fsp3) is 0.333. The van der Waals surface area contributed by atoms with Gasteiger partial charge in [-0.3, -0.25) is 9.59 Å². The van der Waals surface area contributed by atoms with E-state index < -0.39 is 46.1 Å². The number of amides is 2. The Balaban J connectivity index is 1.63. The molecule has 1 aromatic carbocycles. The zero-order valence-electron chi connectivity index (χ0n) is 16.9. The smallest absolute Gasteiger partial charge is 0.250 e. The average molecular weight is 478 g/mol. The number of rotatable bonds is 5. The lowest BCUT2D eigenvalue weighted by Crippen LogP contribution is -2.54. The Hall–Kier alpha value is -2.57. The number of thiophene rings is 1. The van der Waals surface area contributed by atoms with Gasteiger partial charge in [0, 0.05) is 25.0 Å². The lowest BCUT2D eigenvalue weighted by Gasteiger charge is -2.37. The number of nitrogens with two attached hydrogens (primary N) is 1. The normalized spacial score (nSPS) is 25.7. The summed E-state index contributed by atoms with van der Waals surface area (Å²) < 4.78 is 27.6. The van der Waals surface area contributed by atoms with Crippen molar-refractivity contribution in [3.63, 3.8) is 0 Å². The van der Waals surface area contributed by atoms with Gasteiger partial charge in [0.25, 0.3) is 15.9 Å². The predicted octanol–water partition coefficient (Wildman–Crippen LogP) is -0.114. The van der Waals surface area contributed by atoms with Gasteiger partial charge in [0.05, 0.1) is 12.1 Å². The summed E-state index contributed by atoms with van der Waals surface area (Å²) >= 11 is 1.01. The quantitative estimate of drug-likeness (QED) is 0.472. The number of hydrogen-bond acceptors (Lipinski definition) is 7. The zero-order chi connectivity index (χ0) is 23.0. The second kappa shape index (κ2) is 8.75. The third kappa shape index (κ3) is 4.34. The lowest BCUT2D eigenvalue weighted by molar-refractivity contribution is -0.138. The van der Waals surface area contributed by atoms with Crippen LogP contribution in [-0.2, 0) is 32.6 Å². The highest BCUT2D eigenvalue weighted by atomic mass is 32.2. The first-order chi connectivity index (χ1) is 15.2. The van der Waals surface area contributed by atoms with Crippen molar-refractivity contribution >= 4 is 33.2 Å². The fourth-order valence-corrected chi connectivity index (χ4v) is 6.27. The Morgan fingerprint density at radius 2 is 1.81 bits per heavy atom. The SMILES string of the molecule is NC(=O)C1Cc2ccccc2CN1C(=O)C1=CC(NS(=O)(=O)c2cccs2)C(O)C(O)C1. The number of carbonyl (C=O) groups is 2. The van der Waals surface area contributed by atoms with Gasteiger partial charge in [-0.05, 0) is 22.6 Å². The van der Waals surface area contributed by atoms with Crippen LogP contribution in [0.25, 0.3) is 0 Å². The maximum Gasteiger partial charge on any atom is 0.250 e. The van der Waals surface area contributed by atoms with Gasteiger partial charge >= 0.3 is 0 Å². The molecule has 1 aliphatic heterocycles. The Morgan fingerprint density at radius 1 is 1.09 bits per heavy atom. The number of primary amides is 1. The molecule has 9 nitrogen and oxygen atoms in total. The number of nitrogens with one attached hydrogen (secondary N) is 1. The highest BCUT2D eigenvalue weighted by Crippen LogP contribution is 2.29. The van der Waals surface area contributed by atoms with E-state index in [0.29, 0.717) is 0 Å². The third-order valence-corrected chi connectivity index (χ3v) is 8.59. The minimum Gasteiger partial charge on any atom is -0.390 e. The van der Waals surface area contributed by atoms with Gasteiger partial charge in [-0.15, -0.1) is 11.3 Å². The number of nitrogens with zero attached hydrogens (tertiary/aromatic N) is 1. The van der Waals surface area contributed by atoms with Crippen LogP contribution in [0.4, 0.5) is 0 Å². The van der Waals surface area contributed by atoms with Crippen molar-refractivity contribution in [2.24, 2.45) is 5.73 Å². The highest BCUT2D eigenvalue weighted by Gasteiger charge is 2.39. The van der Waals surface area contributed by atoms with Crippen LogP contribution in [0.1, 0.15) is 17.5 Å². The van der Waals surface area contributed by atoms with Gasteiger partial charge in [0.15, 0.2) is 0 Å². The molecule has 1 aromatic heterocycles. The van der Waals surface area contributed by atoms with Gasteiger partial charge in [-0.2, -0.15) is 0 Å². The molecule has 0 saturated heterocycles. The molecule has 2 amide bonds. The number of sulfonamides is 1. The number of benzene rings is 1. The molecule has 4 atom stereocenters. The summed E-state index contributed by atoms with van der Waals surface area (Å²) in [6, 6.07) is 8.33. The first-order valence-electron chi connectivity index (χ1n) is 9.97. The van der Waals surface area contributed by atoms with Gasteiger partial charge in [0.1, 0.15) is 16.4 Å². The van der Waals surface area contributed by atoms with Crippen LogP contribution in [0, 0.1) is 0 Å². The maximum absolute atomic E-state index is 13.4. The molecule has 4 rings (SSSR count). The molecule has 2 heterocycles. The molecule has 2 aliphatic rings. The van der Waals surface area contributed by atoms with Crippen molar-refractivity contribution in [2.75, 3.05) is 0 Å². The number of aliphatic hydroxyl groups is 2. The second-order valence-electron chi connectivity index (χ2n) is 7.86. The number of carbonyl (C=O) groups excluding carboxylic acids is 2. The largest absolute Gasteiger partial charge is 0.390 e. The summed E-state index contributed by atoms with van der Waals surface area (Å²) in [6.45, 7) is 0.157. The predicted molar refractivity (Wildman–Crippen MR) is 117 cm³/mol. The molecule has 0 saturated carbocycles. The van der Waals surface area contributed by atoms with Crippen LogP contribution in [0.5, 0.6) is 0 Å². The molecule has 0 bridgehead atoms. The van der Waals surface area contributed by atoms with E-state index >= 15 is 0 Å². The monoisotopic (exact) mass is 477 g/mol. The maximum atomic E-state index is 13.4. The Kier molecular flexibility index (Phi) is 6.19. The first-order valence-corrected chi connectivity index (χ1v) is 12.3.